The van der Waals surface area contributed by atoms with Gasteiger partial charge in [0, 0.05) is 0 Å². The van der Waals surface area contributed by atoms with Gasteiger partial charge in [-0.2, -0.15) is 0 Å². The van der Waals surface area contributed by atoms with Gasteiger partial charge >= 0.3 is 0 Å². The quantitative estimate of drug-likeness (QED) is 0.849. The highest BCUT2D eigenvalue weighted by Crippen LogP contribution is 2.22. The average Bonchev–Trinajstić information content (AvgIpc) is 2.56. The molecule has 0 aliphatic heterocycles. The van der Waals surface area contributed by atoms with Gasteiger partial charge in [0.1, 0.15) is 11.6 Å². The molecule has 0 bridgehead atoms. The van der Waals surface area contributed by atoms with E-state index in [-0.39, 0.29) is 17.8 Å². The Morgan fingerprint density at radius 3 is 2.46 bits per heavy atom. The van der Waals surface area contributed by atoms with Gasteiger partial charge in [0.2, 0.25) is 0 Å². The number of rotatable bonds is 6. The summed E-state index contributed by atoms with van der Waals surface area (Å²) < 4.78 is 18.9. The third-order valence-corrected chi connectivity index (χ3v) is 4.00. The van der Waals surface area contributed by atoms with Crippen LogP contribution in [0.5, 0.6) is 5.75 Å². The van der Waals surface area contributed by atoms with E-state index in [1.54, 1.807) is 12.1 Å². The van der Waals surface area contributed by atoms with Gasteiger partial charge in [0.05, 0.1) is 6.04 Å². The minimum atomic E-state index is -0.562. The van der Waals surface area contributed by atoms with E-state index in [1.807, 2.05) is 45.9 Å². The first-order valence-corrected chi connectivity index (χ1v) is 8.20. The number of hydrogen-bond donors (Lipinski definition) is 1. The highest BCUT2D eigenvalue weighted by Gasteiger charge is 2.21. The summed E-state index contributed by atoms with van der Waals surface area (Å²) in [5, 5.41) is 2.93. The van der Waals surface area contributed by atoms with Crippen LogP contribution in [0.1, 0.15) is 43.0 Å². The topological polar surface area (TPSA) is 38.3 Å². The fourth-order valence-electron chi connectivity index (χ4n) is 2.45. The molecule has 24 heavy (non-hydrogen) atoms. The van der Waals surface area contributed by atoms with Crippen molar-refractivity contribution in [3.05, 3.63) is 65.0 Å². The van der Waals surface area contributed by atoms with Crippen LogP contribution in [0.25, 0.3) is 0 Å². The maximum absolute atomic E-state index is 13.0. The van der Waals surface area contributed by atoms with E-state index < -0.39 is 6.10 Å². The number of halogens is 1. The minimum absolute atomic E-state index is 0.171. The summed E-state index contributed by atoms with van der Waals surface area (Å²) in [7, 11) is 0. The Morgan fingerprint density at radius 2 is 1.83 bits per heavy atom. The van der Waals surface area contributed by atoms with Gasteiger partial charge in [0.15, 0.2) is 6.10 Å². The van der Waals surface area contributed by atoms with Crippen LogP contribution in [0.4, 0.5) is 4.39 Å². The lowest BCUT2D eigenvalue weighted by Crippen LogP contribution is -2.39. The molecule has 0 fully saturated rings. The Bertz CT molecular complexity index is 697. The molecular weight excluding hydrogens is 305 g/mol. The number of benzene rings is 2. The SMILES string of the molecule is CCC(Oc1cc(C)ccc1C)C(=O)NC(C)c1ccc(F)cc1. The van der Waals surface area contributed by atoms with Crippen LogP contribution in [-0.4, -0.2) is 12.0 Å². The van der Waals surface area contributed by atoms with Crippen LogP contribution >= 0.6 is 0 Å². The maximum atomic E-state index is 13.0. The Labute approximate surface area is 142 Å². The molecule has 0 saturated heterocycles. The van der Waals surface area contributed by atoms with Gasteiger partial charge in [-0.15, -0.1) is 0 Å². The van der Waals surface area contributed by atoms with Gasteiger partial charge in [0.25, 0.3) is 5.91 Å². The number of amides is 1. The Balaban J connectivity index is 2.05. The lowest BCUT2D eigenvalue weighted by molar-refractivity contribution is -0.128. The third kappa shape index (κ3) is 4.57. The smallest absolute Gasteiger partial charge is 0.261 e. The Hall–Kier alpha value is -2.36. The average molecular weight is 329 g/mol. The van der Waals surface area contributed by atoms with E-state index in [4.69, 9.17) is 4.74 Å². The molecule has 0 radical (unpaired) electrons. The Morgan fingerprint density at radius 1 is 1.17 bits per heavy atom. The van der Waals surface area contributed by atoms with Gasteiger partial charge in [-0.1, -0.05) is 31.2 Å². The lowest BCUT2D eigenvalue weighted by Gasteiger charge is -2.22. The molecule has 3 nitrogen and oxygen atoms in total. The first-order chi connectivity index (χ1) is 11.4. The highest BCUT2D eigenvalue weighted by atomic mass is 19.1. The second kappa shape index (κ2) is 7.95. The van der Waals surface area contributed by atoms with Crippen molar-refractivity contribution < 1.29 is 13.9 Å². The summed E-state index contributed by atoms with van der Waals surface area (Å²) in [6, 6.07) is 11.9. The van der Waals surface area contributed by atoms with Crippen molar-refractivity contribution in [3.8, 4) is 5.75 Å². The monoisotopic (exact) mass is 329 g/mol. The van der Waals surface area contributed by atoms with E-state index in [2.05, 4.69) is 5.32 Å². The molecule has 1 N–H and O–H groups in total. The number of ether oxygens (including phenoxy) is 1. The second-order valence-corrected chi connectivity index (χ2v) is 6.07. The number of hydrogen-bond acceptors (Lipinski definition) is 2. The molecule has 0 heterocycles. The van der Waals surface area contributed by atoms with Crippen LogP contribution in [0.2, 0.25) is 0 Å². The molecule has 0 aliphatic carbocycles. The molecule has 2 atom stereocenters. The molecule has 0 aromatic heterocycles. The van der Waals surface area contributed by atoms with Crippen LogP contribution in [0, 0.1) is 19.7 Å². The van der Waals surface area contributed by atoms with Gasteiger partial charge < -0.3 is 10.1 Å². The summed E-state index contributed by atoms with van der Waals surface area (Å²) in [6.07, 6.45) is 0.00317. The summed E-state index contributed by atoms with van der Waals surface area (Å²) in [6.45, 7) is 7.73. The fraction of sp³-hybridized carbons (Fsp3) is 0.350. The zero-order valence-electron chi connectivity index (χ0n) is 14.6. The number of aryl methyl sites for hydroxylation is 2. The molecule has 0 spiro atoms. The summed E-state index contributed by atoms with van der Waals surface area (Å²) in [4.78, 5) is 12.5. The number of carbonyl (C=O) groups is 1. The van der Waals surface area contributed by atoms with Crippen molar-refractivity contribution in [2.75, 3.05) is 0 Å². The second-order valence-electron chi connectivity index (χ2n) is 6.07. The van der Waals surface area contributed by atoms with E-state index >= 15 is 0 Å². The normalized spacial score (nSPS) is 13.2. The van der Waals surface area contributed by atoms with Gasteiger partial charge in [-0.3, -0.25) is 4.79 Å². The predicted octanol–water partition coefficient (Wildman–Crippen LogP) is 4.48. The van der Waals surface area contributed by atoms with Gasteiger partial charge in [-0.25, -0.2) is 4.39 Å². The zero-order chi connectivity index (χ0) is 17.7. The van der Waals surface area contributed by atoms with Crippen molar-refractivity contribution in [2.45, 2.75) is 46.3 Å². The minimum Gasteiger partial charge on any atom is -0.480 e. The molecule has 2 rings (SSSR count). The van der Waals surface area contributed by atoms with Crippen molar-refractivity contribution in [3.63, 3.8) is 0 Å². The number of nitrogens with one attached hydrogen (secondary N) is 1. The third-order valence-electron chi connectivity index (χ3n) is 4.00. The molecule has 0 saturated carbocycles. The molecule has 1 amide bonds. The van der Waals surface area contributed by atoms with E-state index in [1.165, 1.54) is 12.1 Å². The molecule has 4 heteroatoms. The summed E-state index contributed by atoms with van der Waals surface area (Å²) in [5.41, 5.74) is 2.94. The number of carbonyl (C=O) groups excluding carboxylic acids is 1. The van der Waals surface area contributed by atoms with Crippen molar-refractivity contribution in [2.24, 2.45) is 0 Å². The standard InChI is InChI=1S/C20H24FNO2/c1-5-18(24-19-12-13(2)6-7-14(19)3)20(23)22-15(4)16-8-10-17(21)11-9-16/h6-12,15,18H,5H2,1-4H3,(H,22,23). The summed E-state index contributed by atoms with van der Waals surface area (Å²) >= 11 is 0. The van der Waals surface area contributed by atoms with Gasteiger partial charge in [-0.05, 0) is 62.1 Å². The van der Waals surface area contributed by atoms with Crippen molar-refractivity contribution in [1.82, 2.24) is 5.32 Å². The maximum Gasteiger partial charge on any atom is 0.261 e. The van der Waals surface area contributed by atoms with Crippen LogP contribution in [-0.2, 0) is 4.79 Å². The highest BCUT2D eigenvalue weighted by molar-refractivity contribution is 5.81. The first-order valence-electron chi connectivity index (χ1n) is 8.20. The predicted molar refractivity (Wildman–Crippen MR) is 93.6 cm³/mol. The lowest BCUT2D eigenvalue weighted by atomic mass is 10.1. The van der Waals surface area contributed by atoms with Crippen LogP contribution < -0.4 is 10.1 Å². The molecule has 128 valence electrons. The van der Waals surface area contributed by atoms with Crippen molar-refractivity contribution in [1.29, 1.82) is 0 Å². The molecule has 2 aromatic carbocycles. The molecular formula is C20H24FNO2. The van der Waals surface area contributed by atoms with Crippen LogP contribution in [0.3, 0.4) is 0 Å². The zero-order valence-corrected chi connectivity index (χ0v) is 14.6. The van der Waals surface area contributed by atoms with Crippen molar-refractivity contribution >= 4 is 5.91 Å². The molecule has 0 aliphatic rings. The van der Waals surface area contributed by atoms with E-state index in [0.29, 0.717) is 6.42 Å². The summed E-state index contributed by atoms with van der Waals surface area (Å²) in [5.74, 6) is 0.267. The first kappa shape index (κ1) is 18.0. The fourth-order valence-corrected chi connectivity index (χ4v) is 2.45. The molecule has 2 unspecified atom stereocenters. The van der Waals surface area contributed by atoms with E-state index in [0.717, 1.165) is 22.4 Å². The molecule has 2 aromatic rings. The largest absolute Gasteiger partial charge is 0.480 e. The van der Waals surface area contributed by atoms with E-state index in [9.17, 15) is 9.18 Å². The van der Waals surface area contributed by atoms with Crippen LogP contribution in [0.15, 0.2) is 42.5 Å². The Kier molecular flexibility index (Phi) is 5.96.